The molecule has 1 aromatic rings. The maximum Gasteiger partial charge on any atom is 0.253 e. The molecule has 92 valence electrons. The third kappa shape index (κ3) is 3.45. The van der Waals surface area contributed by atoms with Crippen LogP contribution in [0.1, 0.15) is 23.2 Å². The van der Waals surface area contributed by atoms with Crippen LogP contribution < -0.4 is 5.32 Å². The first kappa shape index (κ1) is 12.4. The number of nitrogens with one attached hydrogen (secondary N) is 1. The third-order valence-electron chi connectivity index (χ3n) is 2.97. The van der Waals surface area contributed by atoms with Crippen molar-refractivity contribution in [1.29, 1.82) is 0 Å². The average Bonchev–Trinajstić information content (AvgIpc) is 2.29. The average molecular weight is 253 g/mol. The number of rotatable bonds is 1. The number of benzene rings is 1. The van der Waals surface area contributed by atoms with Crippen molar-refractivity contribution in [1.82, 2.24) is 10.2 Å². The van der Waals surface area contributed by atoms with Gasteiger partial charge in [-0.3, -0.25) is 4.79 Å². The molecule has 1 aliphatic heterocycles. The highest BCUT2D eigenvalue weighted by atomic mass is 35.5. The Bertz CT molecular complexity index is 370. The molecule has 4 heteroatoms. The Labute approximate surface area is 107 Å². The second kappa shape index (κ2) is 6.03. The van der Waals surface area contributed by atoms with Crippen molar-refractivity contribution in [3.63, 3.8) is 0 Å². The summed E-state index contributed by atoms with van der Waals surface area (Å²) in [5.74, 6) is 0.102. The third-order valence-corrected chi connectivity index (χ3v) is 3.22. The zero-order valence-electron chi connectivity index (χ0n) is 9.79. The maximum atomic E-state index is 12.2. The van der Waals surface area contributed by atoms with E-state index in [1.54, 1.807) is 24.3 Å². The Hall–Kier alpha value is -1.06. The summed E-state index contributed by atoms with van der Waals surface area (Å²) >= 11 is 5.81. The fourth-order valence-corrected chi connectivity index (χ4v) is 2.11. The summed E-state index contributed by atoms with van der Waals surface area (Å²) in [6.45, 7) is 3.56. The maximum absolute atomic E-state index is 12.2. The molecule has 1 fully saturated rings. The van der Waals surface area contributed by atoms with Crippen molar-refractivity contribution in [2.75, 3.05) is 26.2 Å². The number of amides is 1. The molecule has 1 saturated heterocycles. The summed E-state index contributed by atoms with van der Waals surface area (Å²) in [6.07, 6.45) is 2.19. The number of halogens is 1. The summed E-state index contributed by atoms with van der Waals surface area (Å²) in [6, 6.07) is 7.10. The molecule has 0 saturated carbocycles. The summed E-state index contributed by atoms with van der Waals surface area (Å²) < 4.78 is 0. The highest BCUT2D eigenvalue weighted by Crippen LogP contribution is 2.12. The lowest BCUT2D eigenvalue weighted by Crippen LogP contribution is -2.39. The zero-order chi connectivity index (χ0) is 12.1. The lowest BCUT2D eigenvalue weighted by molar-refractivity contribution is 0.0748. The minimum absolute atomic E-state index is 0.102. The molecule has 0 bridgehead atoms. The number of carbonyl (C=O) groups excluding carboxylic acids is 1. The quantitative estimate of drug-likeness (QED) is 0.831. The van der Waals surface area contributed by atoms with E-state index in [9.17, 15) is 4.79 Å². The number of hydrogen-bond acceptors (Lipinski definition) is 2. The van der Waals surface area contributed by atoms with Gasteiger partial charge in [-0.2, -0.15) is 0 Å². The predicted molar refractivity (Wildman–Crippen MR) is 69.5 cm³/mol. The van der Waals surface area contributed by atoms with E-state index in [-0.39, 0.29) is 5.91 Å². The molecule has 1 aliphatic rings. The summed E-state index contributed by atoms with van der Waals surface area (Å²) in [7, 11) is 0. The number of nitrogens with zero attached hydrogens (tertiary/aromatic N) is 1. The van der Waals surface area contributed by atoms with E-state index in [4.69, 9.17) is 11.6 Å². The molecule has 1 amide bonds. The van der Waals surface area contributed by atoms with Crippen molar-refractivity contribution >= 4 is 17.5 Å². The van der Waals surface area contributed by atoms with Gasteiger partial charge in [0.2, 0.25) is 0 Å². The van der Waals surface area contributed by atoms with E-state index in [0.29, 0.717) is 5.02 Å². The van der Waals surface area contributed by atoms with Gasteiger partial charge in [0.1, 0.15) is 0 Å². The van der Waals surface area contributed by atoms with Crippen LogP contribution in [0.5, 0.6) is 0 Å². The van der Waals surface area contributed by atoms with Crippen molar-refractivity contribution in [3.05, 3.63) is 34.9 Å². The van der Waals surface area contributed by atoms with E-state index >= 15 is 0 Å². The van der Waals surface area contributed by atoms with Crippen molar-refractivity contribution in [3.8, 4) is 0 Å². The molecule has 0 radical (unpaired) electrons. The Kier molecular flexibility index (Phi) is 4.40. The minimum Gasteiger partial charge on any atom is -0.337 e. The molecule has 1 aromatic carbocycles. The van der Waals surface area contributed by atoms with Crippen LogP contribution >= 0.6 is 11.6 Å². The molecule has 0 spiro atoms. The van der Waals surface area contributed by atoms with E-state index in [1.807, 2.05) is 4.90 Å². The first-order chi connectivity index (χ1) is 8.27. The smallest absolute Gasteiger partial charge is 0.253 e. The highest BCUT2D eigenvalue weighted by molar-refractivity contribution is 6.30. The zero-order valence-corrected chi connectivity index (χ0v) is 10.5. The molecule has 1 N–H and O–H groups in total. The normalized spacial score (nSPS) is 17.4. The second-order valence-electron chi connectivity index (χ2n) is 4.26. The lowest BCUT2D eigenvalue weighted by Gasteiger charge is -2.25. The van der Waals surface area contributed by atoms with Gasteiger partial charge in [-0.05, 0) is 43.7 Å². The van der Waals surface area contributed by atoms with Crippen LogP contribution in [-0.4, -0.2) is 37.0 Å². The van der Waals surface area contributed by atoms with Gasteiger partial charge < -0.3 is 10.2 Å². The van der Waals surface area contributed by atoms with E-state index in [0.717, 1.165) is 44.6 Å². The van der Waals surface area contributed by atoms with E-state index in [1.165, 1.54) is 0 Å². The molecule has 17 heavy (non-hydrogen) atoms. The molecule has 1 heterocycles. The number of carbonyl (C=O) groups is 1. The van der Waals surface area contributed by atoms with Crippen LogP contribution in [0.2, 0.25) is 5.02 Å². The van der Waals surface area contributed by atoms with Crippen molar-refractivity contribution in [2.24, 2.45) is 0 Å². The van der Waals surface area contributed by atoms with Crippen LogP contribution in [0.15, 0.2) is 24.3 Å². The van der Waals surface area contributed by atoms with Gasteiger partial charge in [0, 0.05) is 30.2 Å². The van der Waals surface area contributed by atoms with Gasteiger partial charge in [-0.25, -0.2) is 0 Å². The van der Waals surface area contributed by atoms with Gasteiger partial charge in [-0.15, -0.1) is 0 Å². The predicted octanol–water partition coefficient (Wildman–Crippen LogP) is 2.17. The van der Waals surface area contributed by atoms with E-state index in [2.05, 4.69) is 5.32 Å². The van der Waals surface area contributed by atoms with Gasteiger partial charge in [-0.1, -0.05) is 11.6 Å². The fourth-order valence-electron chi connectivity index (χ4n) is 1.98. The molecule has 0 atom stereocenters. The topological polar surface area (TPSA) is 32.3 Å². The Morgan fingerprint density at radius 3 is 2.65 bits per heavy atom. The second-order valence-corrected chi connectivity index (χ2v) is 4.69. The van der Waals surface area contributed by atoms with Gasteiger partial charge >= 0.3 is 0 Å². The summed E-state index contributed by atoms with van der Waals surface area (Å²) in [5.41, 5.74) is 0.718. The first-order valence-corrected chi connectivity index (χ1v) is 6.41. The number of hydrogen-bond donors (Lipinski definition) is 1. The molecule has 0 aliphatic carbocycles. The Balaban J connectivity index is 2.04. The molecule has 0 unspecified atom stereocenters. The molecular formula is C13H17ClN2O. The van der Waals surface area contributed by atoms with Gasteiger partial charge in [0.05, 0.1) is 0 Å². The standard InChI is InChI=1S/C13H17ClN2O/c14-12-5-3-11(4-6-12)13(17)16-9-2-1-7-15-8-10-16/h3-6,15H,1-2,7-10H2. The first-order valence-electron chi connectivity index (χ1n) is 6.03. The van der Waals surface area contributed by atoms with Crippen LogP contribution in [0.3, 0.4) is 0 Å². The summed E-state index contributed by atoms with van der Waals surface area (Å²) in [4.78, 5) is 14.1. The fraction of sp³-hybridized carbons (Fsp3) is 0.462. The lowest BCUT2D eigenvalue weighted by atomic mass is 10.1. The van der Waals surface area contributed by atoms with Crippen LogP contribution in [0.25, 0.3) is 0 Å². The largest absolute Gasteiger partial charge is 0.337 e. The van der Waals surface area contributed by atoms with Gasteiger partial charge in [0.15, 0.2) is 0 Å². The van der Waals surface area contributed by atoms with Crippen LogP contribution in [0, 0.1) is 0 Å². The highest BCUT2D eigenvalue weighted by Gasteiger charge is 2.15. The van der Waals surface area contributed by atoms with E-state index < -0.39 is 0 Å². The summed E-state index contributed by atoms with van der Waals surface area (Å²) in [5, 5.41) is 3.98. The molecule has 0 aromatic heterocycles. The molecule has 3 nitrogen and oxygen atoms in total. The van der Waals surface area contributed by atoms with Crippen molar-refractivity contribution in [2.45, 2.75) is 12.8 Å². The molecular weight excluding hydrogens is 236 g/mol. The Morgan fingerprint density at radius 2 is 1.88 bits per heavy atom. The van der Waals surface area contributed by atoms with Crippen LogP contribution in [-0.2, 0) is 0 Å². The molecule has 2 rings (SSSR count). The van der Waals surface area contributed by atoms with Crippen LogP contribution in [0.4, 0.5) is 0 Å². The van der Waals surface area contributed by atoms with Crippen molar-refractivity contribution < 1.29 is 4.79 Å². The monoisotopic (exact) mass is 252 g/mol. The Morgan fingerprint density at radius 1 is 1.12 bits per heavy atom. The minimum atomic E-state index is 0.102. The van der Waals surface area contributed by atoms with Gasteiger partial charge in [0.25, 0.3) is 5.91 Å². The SMILES string of the molecule is O=C(c1ccc(Cl)cc1)N1CCCCNCC1.